The van der Waals surface area contributed by atoms with Gasteiger partial charge in [-0.1, -0.05) is 24.5 Å². The van der Waals surface area contributed by atoms with Gasteiger partial charge in [0, 0.05) is 19.0 Å². The van der Waals surface area contributed by atoms with Gasteiger partial charge in [-0.3, -0.25) is 9.89 Å². The summed E-state index contributed by atoms with van der Waals surface area (Å²) >= 11 is 0. The Morgan fingerprint density at radius 3 is 2.86 bits per heavy atom. The van der Waals surface area contributed by atoms with E-state index in [-0.39, 0.29) is 5.91 Å². The summed E-state index contributed by atoms with van der Waals surface area (Å²) in [7, 11) is 1.73. The van der Waals surface area contributed by atoms with Gasteiger partial charge in [-0.2, -0.15) is 5.10 Å². The van der Waals surface area contributed by atoms with Crippen LogP contribution in [0.4, 0.5) is 0 Å². The number of aromatic nitrogens is 2. The van der Waals surface area contributed by atoms with Crippen molar-refractivity contribution in [3.63, 3.8) is 0 Å². The fourth-order valence-corrected chi connectivity index (χ4v) is 3.18. The SMILES string of the molecule is Cc1ccc2[nH]nc(C(=O)N(C)CC3(O)CCCC3)c2c1. The van der Waals surface area contributed by atoms with Gasteiger partial charge < -0.3 is 10.0 Å². The fourth-order valence-electron chi connectivity index (χ4n) is 3.18. The van der Waals surface area contributed by atoms with Crippen molar-refractivity contribution in [2.75, 3.05) is 13.6 Å². The molecule has 3 rings (SSSR count). The van der Waals surface area contributed by atoms with Gasteiger partial charge in [0.15, 0.2) is 5.69 Å². The number of H-pyrrole nitrogens is 1. The van der Waals surface area contributed by atoms with Crippen molar-refractivity contribution in [1.29, 1.82) is 0 Å². The van der Waals surface area contributed by atoms with Crippen LogP contribution in [0.2, 0.25) is 0 Å². The van der Waals surface area contributed by atoms with Crippen LogP contribution >= 0.6 is 0 Å². The monoisotopic (exact) mass is 287 g/mol. The van der Waals surface area contributed by atoms with E-state index in [9.17, 15) is 9.90 Å². The van der Waals surface area contributed by atoms with Crippen LogP contribution in [0, 0.1) is 6.92 Å². The maximum Gasteiger partial charge on any atom is 0.274 e. The Morgan fingerprint density at radius 1 is 1.43 bits per heavy atom. The molecule has 1 aromatic carbocycles. The maximum absolute atomic E-state index is 12.6. The van der Waals surface area contributed by atoms with Crippen molar-refractivity contribution in [2.45, 2.75) is 38.2 Å². The molecule has 1 fully saturated rings. The van der Waals surface area contributed by atoms with E-state index in [1.165, 1.54) is 0 Å². The first-order valence-corrected chi connectivity index (χ1v) is 7.41. The summed E-state index contributed by atoms with van der Waals surface area (Å²) in [5, 5.41) is 18.3. The van der Waals surface area contributed by atoms with Crippen LogP contribution in [0.25, 0.3) is 10.9 Å². The average Bonchev–Trinajstić information content (AvgIpc) is 3.04. The van der Waals surface area contributed by atoms with Crippen LogP contribution in [0.5, 0.6) is 0 Å². The van der Waals surface area contributed by atoms with E-state index in [2.05, 4.69) is 10.2 Å². The number of hydrogen-bond donors (Lipinski definition) is 2. The number of aromatic amines is 1. The molecule has 5 nitrogen and oxygen atoms in total. The molecule has 5 heteroatoms. The number of carbonyl (C=O) groups excluding carboxylic acids is 1. The highest BCUT2D eigenvalue weighted by Crippen LogP contribution is 2.30. The van der Waals surface area contributed by atoms with Crippen molar-refractivity contribution in [2.24, 2.45) is 0 Å². The summed E-state index contributed by atoms with van der Waals surface area (Å²) in [5.74, 6) is -0.146. The Bertz CT molecular complexity index is 671. The number of carbonyl (C=O) groups is 1. The Balaban J connectivity index is 1.84. The van der Waals surface area contributed by atoms with Crippen molar-refractivity contribution in [3.05, 3.63) is 29.5 Å². The van der Waals surface area contributed by atoms with E-state index in [0.29, 0.717) is 12.2 Å². The zero-order chi connectivity index (χ0) is 15.0. The molecular formula is C16H21N3O2. The predicted molar refractivity (Wildman–Crippen MR) is 81.2 cm³/mol. The fraction of sp³-hybridized carbons (Fsp3) is 0.500. The largest absolute Gasteiger partial charge is 0.388 e. The summed E-state index contributed by atoms with van der Waals surface area (Å²) < 4.78 is 0. The number of likely N-dealkylation sites (N-methyl/N-ethyl adjacent to an activating group) is 1. The molecule has 1 aliphatic carbocycles. The summed E-state index contributed by atoms with van der Waals surface area (Å²) in [6, 6.07) is 5.88. The van der Waals surface area contributed by atoms with Gasteiger partial charge in [-0.15, -0.1) is 0 Å². The lowest BCUT2D eigenvalue weighted by molar-refractivity contribution is 0.0155. The van der Waals surface area contributed by atoms with E-state index in [1.54, 1.807) is 11.9 Å². The number of rotatable bonds is 3. The molecule has 1 aromatic heterocycles. The van der Waals surface area contributed by atoms with E-state index in [0.717, 1.165) is 42.1 Å². The van der Waals surface area contributed by atoms with Gasteiger partial charge in [-0.25, -0.2) is 0 Å². The second-order valence-corrected chi connectivity index (χ2v) is 6.21. The molecular weight excluding hydrogens is 266 g/mol. The summed E-state index contributed by atoms with van der Waals surface area (Å²) in [4.78, 5) is 14.2. The highest BCUT2D eigenvalue weighted by atomic mass is 16.3. The highest BCUT2D eigenvalue weighted by Gasteiger charge is 2.34. The van der Waals surface area contributed by atoms with Gasteiger partial charge in [0.1, 0.15) is 0 Å². The molecule has 0 aliphatic heterocycles. The highest BCUT2D eigenvalue weighted by molar-refractivity contribution is 6.04. The third kappa shape index (κ3) is 2.65. The number of aryl methyl sites for hydroxylation is 1. The normalized spacial score (nSPS) is 17.3. The molecule has 1 heterocycles. The molecule has 0 saturated heterocycles. The molecule has 0 radical (unpaired) electrons. The molecule has 1 amide bonds. The van der Waals surface area contributed by atoms with Crippen LogP contribution in [0.1, 0.15) is 41.7 Å². The lowest BCUT2D eigenvalue weighted by Crippen LogP contribution is -2.42. The number of hydrogen-bond acceptors (Lipinski definition) is 3. The van der Waals surface area contributed by atoms with E-state index in [1.807, 2.05) is 25.1 Å². The number of benzene rings is 1. The van der Waals surface area contributed by atoms with Crippen molar-refractivity contribution < 1.29 is 9.90 Å². The molecule has 0 spiro atoms. The standard InChI is InChI=1S/C16H21N3O2/c1-11-5-6-13-12(9-11)14(18-17-13)15(20)19(2)10-16(21)7-3-4-8-16/h5-6,9,21H,3-4,7-8,10H2,1-2H3,(H,17,18). The molecule has 21 heavy (non-hydrogen) atoms. The van der Waals surface area contributed by atoms with Crippen molar-refractivity contribution in [1.82, 2.24) is 15.1 Å². The first-order chi connectivity index (χ1) is 9.98. The van der Waals surface area contributed by atoms with Crippen LogP contribution in [0.3, 0.4) is 0 Å². The first-order valence-electron chi connectivity index (χ1n) is 7.41. The third-order valence-electron chi connectivity index (χ3n) is 4.33. The van der Waals surface area contributed by atoms with Crippen LogP contribution < -0.4 is 0 Å². The molecule has 0 atom stereocenters. The number of aliphatic hydroxyl groups is 1. The molecule has 0 bridgehead atoms. The molecule has 1 saturated carbocycles. The third-order valence-corrected chi connectivity index (χ3v) is 4.33. The molecule has 0 unspecified atom stereocenters. The van der Waals surface area contributed by atoms with Gasteiger partial charge in [0.25, 0.3) is 5.91 Å². The lowest BCUT2D eigenvalue weighted by atomic mass is 10.0. The van der Waals surface area contributed by atoms with Crippen LogP contribution in [-0.2, 0) is 0 Å². The summed E-state index contributed by atoms with van der Waals surface area (Å²) in [6.07, 6.45) is 3.60. The molecule has 2 aromatic rings. The Kier molecular flexibility index (Phi) is 3.45. The van der Waals surface area contributed by atoms with Gasteiger partial charge >= 0.3 is 0 Å². The minimum absolute atomic E-state index is 0.146. The van der Waals surface area contributed by atoms with Crippen LogP contribution in [-0.4, -0.2) is 45.3 Å². The Morgan fingerprint density at radius 2 is 2.14 bits per heavy atom. The minimum atomic E-state index is -0.730. The average molecular weight is 287 g/mol. The van der Waals surface area contributed by atoms with Crippen molar-refractivity contribution >= 4 is 16.8 Å². The van der Waals surface area contributed by atoms with E-state index in [4.69, 9.17) is 0 Å². The van der Waals surface area contributed by atoms with E-state index < -0.39 is 5.60 Å². The number of nitrogens with zero attached hydrogens (tertiary/aromatic N) is 2. The Labute approximate surface area is 124 Å². The molecule has 1 aliphatic rings. The second-order valence-electron chi connectivity index (χ2n) is 6.21. The topological polar surface area (TPSA) is 69.2 Å². The quantitative estimate of drug-likeness (QED) is 0.909. The smallest absolute Gasteiger partial charge is 0.274 e. The van der Waals surface area contributed by atoms with Gasteiger partial charge in [0.2, 0.25) is 0 Å². The first kappa shape index (κ1) is 14.1. The van der Waals surface area contributed by atoms with Crippen molar-refractivity contribution in [3.8, 4) is 0 Å². The Hall–Kier alpha value is -1.88. The van der Waals surface area contributed by atoms with Gasteiger partial charge in [-0.05, 0) is 31.9 Å². The molecule has 2 N–H and O–H groups in total. The van der Waals surface area contributed by atoms with Crippen LogP contribution in [0.15, 0.2) is 18.2 Å². The predicted octanol–water partition coefficient (Wildman–Crippen LogP) is 2.25. The summed E-state index contributed by atoms with van der Waals surface area (Å²) in [5.41, 5.74) is 1.65. The molecule has 112 valence electrons. The lowest BCUT2D eigenvalue weighted by Gasteiger charge is -2.28. The summed E-state index contributed by atoms with van der Waals surface area (Å²) in [6.45, 7) is 2.36. The number of nitrogens with one attached hydrogen (secondary N) is 1. The zero-order valence-electron chi connectivity index (χ0n) is 12.5. The number of fused-ring (bicyclic) bond motifs is 1. The zero-order valence-corrected chi connectivity index (χ0v) is 12.5. The second kappa shape index (κ2) is 5.15. The number of amides is 1. The van der Waals surface area contributed by atoms with Gasteiger partial charge in [0.05, 0.1) is 11.1 Å². The maximum atomic E-state index is 12.6. The minimum Gasteiger partial charge on any atom is -0.388 e. The van der Waals surface area contributed by atoms with E-state index >= 15 is 0 Å².